The Morgan fingerprint density at radius 3 is 2.41 bits per heavy atom. The summed E-state index contributed by atoms with van der Waals surface area (Å²) in [6, 6.07) is 10.2. The molecule has 0 aliphatic rings. The lowest BCUT2D eigenvalue weighted by Crippen LogP contribution is -2.17. The summed E-state index contributed by atoms with van der Waals surface area (Å²) < 4.78 is 5.36. The maximum Gasteiger partial charge on any atom is 0.188 e. The van der Waals surface area contributed by atoms with Gasteiger partial charge in [0.05, 0.1) is 24.0 Å². The van der Waals surface area contributed by atoms with E-state index in [-0.39, 0.29) is 24.2 Å². The minimum atomic E-state index is -0.502. The fraction of sp³-hybridized carbons (Fsp3) is 0.529. The largest absolute Gasteiger partial charge is 0.481 e. The van der Waals surface area contributed by atoms with E-state index in [0.717, 1.165) is 24.0 Å². The van der Waals surface area contributed by atoms with Gasteiger partial charge in [0.15, 0.2) is 5.90 Å². The van der Waals surface area contributed by atoms with Crippen LogP contribution in [0.5, 0.6) is 0 Å². The third kappa shape index (κ3) is 5.51. The fourth-order valence-corrected chi connectivity index (χ4v) is 2.34. The number of hydrogen-bond donors (Lipinski definition) is 1. The number of nitriles is 1. The maximum atomic E-state index is 9.18. The monoisotopic (exact) mass is 342 g/mol. The number of alkyl halides is 1. The normalized spacial score (nSPS) is 12.0. The van der Waals surface area contributed by atoms with Crippen molar-refractivity contribution in [1.82, 2.24) is 0 Å². The number of rotatable bonds is 7. The lowest BCUT2D eigenvalue weighted by molar-refractivity contribution is 0.305. The van der Waals surface area contributed by atoms with E-state index in [9.17, 15) is 5.26 Å². The van der Waals surface area contributed by atoms with Crippen molar-refractivity contribution in [1.29, 1.82) is 10.7 Å². The van der Waals surface area contributed by atoms with E-state index >= 15 is 0 Å². The van der Waals surface area contributed by atoms with Gasteiger partial charge in [0.1, 0.15) is 0 Å². The molecule has 0 aliphatic carbocycles. The summed E-state index contributed by atoms with van der Waals surface area (Å²) in [7, 11) is 0. The Morgan fingerprint density at radius 1 is 1.36 bits per heavy atom. The Bertz CT molecular complexity index is 506. The highest BCUT2D eigenvalue weighted by Crippen LogP contribution is 2.27. The van der Waals surface area contributed by atoms with Crippen LogP contribution >= 0.6 is 24.0 Å². The first-order valence-electron chi connectivity index (χ1n) is 7.25. The molecule has 1 aromatic rings. The van der Waals surface area contributed by atoms with Crippen LogP contribution in [0.3, 0.4) is 0 Å². The predicted octanol–water partition coefficient (Wildman–Crippen LogP) is 5.03. The zero-order chi connectivity index (χ0) is 15.9. The Kier molecular flexibility index (Phi) is 9.16. The van der Waals surface area contributed by atoms with E-state index in [0.29, 0.717) is 12.5 Å². The Balaban J connectivity index is 0.00000441. The van der Waals surface area contributed by atoms with E-state index < -0.39 is 5.41 Å². The molecule has 22 heavy (non-hydrogen) atoms. The minimum absolute atomic E-state index is 0. The molecular formula is C17H24Cl2N2O. The van der Waals surface area contributed by atoms with E-state index in [1.54, 1.807) is 0 Å². The van der Waals surface area contributed by atoms with Gasteiger partial charge in [-0.1, -0.05) is 24.3 Å². The molecule has 1 unspecified atom stereocenters. The van der Waals surface area contributed by atoms with Crippen molar-refractivity contribution in [2.75, 3.05) is 12.5 Å². The molecule has 1 atom stereocenters. The number of nitrogens with zero attached hydrogens (tertiary/aromatic N) is 1. The zero-order valence-corrected chi connectivity index (χ0v) is 14.9. The number of halogens is 2. The van der Waals surface area contributed by atoms with Gasteiger partial charge in [0.25, 0.3) is 0 Å². The van der Waals surface area contributed by atoms with Crippen LogP contribution in [0.1, 0.15) is 50.7 Å². The van der Waals surface area contributed by atoms with Gasteiger partial charge in [-0.05, 0) is 44.7 Å². The van der Waals surface area contributed by atoms with Crippen molar-refractivity contribution in [2.24, 2.45) is 0 Å². The van der Waals surface area contributed by atoms with Gasteiger partial charge in [-0.3, -0.25) is 5.41 Å². The molecule has 3 nitrogen and oxygen atoms in total. The molecule has 0 heterocycles. The molecular weight excluding hydrogens is 319 g/mol. The first kappa shape index (κ1) is 20.8. The third-order valence-electron chi connectivity index (χ3n) is 3.56. The molecule has 1 rings (SSSR count). The third-order valence-corrected chi connectivity index (χ3v) is 3.82. The highest BCUT2D eigenvalue weighted by Gasteiger charge is 2.22. The molecule has 0 fully saturated rings. The average molecular weight is 343 g/mol. The van der Waals surface area contributed by atoms with Crippen molar-refractivity contribution in [3.63, 3.8) is 0 Å². The lowest BCUT2D eigenvalue weighted by atomic mass is 9.84. The van der Waals surface area contributed by atoms with Crippen LogP contribution < -0.4 is 0 Å². The van der Waals surface area contributed by atoms with E-state index in [1.165, 1.54) is 0 Å². The summed E-state index contributed by atoms with van der Waals surface area (Å²) >= 11 is 5.77. The second-order valence-corrected chi connectivity index (χ2v) is 5.92. The van der Waals surface area contributed by atoms with Crippen LogP contribution in [0.4, 0.5) is 0 Å². The van der Waals surface area contributed by atoms with Crippen LogP contribution in [0.2, 0.25) is 0 Å². The van der Waals surface area contributed by atoms with Crippen LogP contribution in [0.25, 0.3) is 0 Å². The molecule has 1 N–H and O–H groups in total. The summed E-state index contributed by atoms with van der Waals surface area (Å²) in [6.45, 7) is 6.17. The Hall–Kier alpha value is -1.24. The zero-order valence-electron chi connectivity index (χ0n) is 13.4. The standard InChI is InChI=1S/C17H23ClN2O.ClH/c1-4-21-16(20)15(6-5-11-18)13-7-9-14(10-8-13)17(2,3)12-19;/h7-10,15,20H,4-6,11H2,1-3H3;1H. The average Bonchev–Trinajstić information content (AvgIpc) is 2.48. The summed E-state index contributed by atoms with van der Waals surface area (Å²) in [5.74, 6) is 0.799. The van der Waals surface area contributed by atoms with Crippen LogP contribution in [0, 0.1) is 16.7 Å². The molecule has 0 aliphatic heterocycles. The van der Waals surface area contributed by atoms with E-state index in [2.05, 4.69) is 6.07 Å². The lowest BCUT2D eigenvalue weighted by Gasteiger charge is -2.20. The van der Waals surface area contributed by atoms with Gasteiger partial charge in [-0.2, -0.15) is 5.26 Å². The van der Waals surface area contributed by atoms with Crippen LogP contribution in [0.15, 0.2) is 24.3 Å². The number of hydrogen-bond acceptors (Lipinski definition) is 3. The van der Waals surface area contributed by atoms with E-state index in [1.807, 2.05) is 45.0 Å². The molecule has 0 aromatic heterocycles. The molecule has 0 saturated carbocycles. The molecule has 0 amide bonds. The van der Waals surface area contributed by atoms with Gasteiger partial charge in [-0.25, -0.2) is 0 Å². The summed E-state index contributed by atoms with van der Waals surface area (Å²) in [5, 5.41) is 17.2. The van der Waals surface area contributed by atoms with Crippen molar-refractivity contribution in [2.45, 2.75) is 44.9 Å². The highest BCUT2D eigenvalue weighted by atomic mass is 35.5. The van der Waals surface area contributed by atoms with Crippen molar-refractivity contribution < 1.29 is 4.74 Å². The van der Waals surface area contributed by atoms with Gasteiger partial charge >= 0.3 is 0 Å². The fourth-order valence-electron chi connectivity index (χ4n) is 2.18. The molecule has 122 valence electrons. The van der Waals surface area contributed by atoms with Crippen molar-refractivity contribution in [3.05, 3.63) is 35.4 Å². The van der Waals surface area contributed by atoms with Gasteiger partial charge in [0, 0.05) is 5.88 Å². The first-order chi connectivity index (χ1) is 9.96. The SMILES string of the molecule is CCOC(=N)C(CCCCl)c1ccc(C(C)(C)C#N)cc1.Cl. The second-order valence-electron chi connectivity index (χ2n) is 5.54. The minimum Gasteiger partial charge on any atom is -0.481 e. The Labute approximate surface area is 144 Å². The second kappa shape index (κ2) is 9.71. The van der Waals surface area contributed by atoms with Gasteiger partial charge in [0.2, 0.25) is 0 Å². The maximum absolute atomic E-state index is 9.18. The van der Waals surface area contributed by atoms with Crippen LogP contribution in [-0.2, 0) is 10.2 Å². The van der Waals surface area contributed by atoms with E-state index in [4.69, 9.17) is 21.7 Å². The van der Waals surface area contributed by atoms with Gasteiger partial charge < -0.3 is 4.74 Å². The predicted molar refractivity (Wildman–Crippen MR) is 94.4 cm³/mol. The van der Waals surface area contributed by atoms with Crippen molar-refractivity contribution >= 4 is 29.9 Å². The Morgan fingerprint density at radius 2 is 1.95 bits per heavy atom. The topological polar surface area (TPSA) is 56.9 Å². The highest BCUT2D eigenvalue weighted by molar-refractivity contribution is 6.17. The molecule has 0 bridgehead atoms. The molecule has 5 heteroatoms. The summed E-state index contributed by atoms with van der Waals surface area (Å²) in [6.07, 6.45) is 1.64. The summed E-state index contributed by atoms with van der Waals surface area (Å²) in [4.78, 5) is 0. The summed E-state index contributed by atoms with van der Waals surface area (Å²) in [5.41, 5.74) is 1.52. The number of ether oxygens (including phenoxy) is 1. The molecule has 0 radical (unpaired) electrons. The number of benzene rings is 1. The quantitative estimate of drug-likeness (QED) is 0.429. The molecule has 1 aromatic carbocycles. The number of nitrogens with one attached hydrogen (secondary N) is 1. The van der Waals surface area contributed by atoms with Crippen LogP contribution in [-0.4, -0.2) is 18.4 Å². The van der Waals surface area contributed by atoms with Gasteiger partial charge in [-0.15, -0.1) is 24.0 Å². The first-order valence-corrected chi connectivity index (χ1v) is 7.78. The molecule has 0 saturated heterocycles. The van der Waals surface area contributed by atoms with Crippen molar-refractivity contribution in [3.8, 4) is 6.07 Å². The smallest absolute Gasteiger partial charge is 0.188 e. The molecule has 0 spiro atoms.